The molecule has 0 unspecified atom stereocenters. The molecular weight excluding hydrogens is 282 g/mol. The van der Waals surface area contributed by atoms with Crippen LogP contribution in [0.2, 0.25) is 0 Å². The number of amides is 1. The maximum atomic E-state index is 12.6. The van der Waals surface area contributed by atoms with E-state index >= 15 is 0 Å². The van der Waals surface area contributed by atoms with Gasteiger partial charge in [-0.25, -0.2) is 0 Å². The highest BCUT2D eigenvalue weighted by Crippen LogP contribution is 2.45. The van der Waals surface area contributed by atoms with E-state index in [1.54, 1.807) is 31.4 Å². The monoisotopic (exact) mass is 301 g/mol. The molecule has 1 saturated carbocycles. The summed E-state index contributed by atoms with van der Waals surface area (Å²) in [5.41, 5.74) is 0.653. The van der Waals surface area contributed by atoms with Gasteiger partial charge in [0.1, 0.15) is 5.75 Å². The summed E-state index contributed by atoms with van der Waals surface area (Å²) in [5.74, 6) is -1.52. The quantitative estimate of drug-likeness (QED) is 0.838. The van der Waals surface area contributed by atoms with Gasteiger partial charge in [0, 0.05) is 5.69 Å². The first-order valence-corrected chi connectivity index (χ1v) is 7.46. The maximum absolute atomic E-state index is 12.6. The lowest BCUT2D eigenvalue weighted by molar-refractivity contribution is -0.151. The van der Waals surface area contributed by atoms with Gasteiger partial charge in [-0.3, -0.25) is 9.59 Å². The molecule has 0 heterocycles. The summed E-state index contributed by atoms with van der Waals surface area (Å²) in [6.45, 7) is 0. The standard InChI is InChI=1S/C17H19NO4/c1-22-13-8-6-12(7-9-13)18-16(19)14-10-2-4-11(5-3-10)15(14)17(20)21/h2,4,6-11,14-15H,3,5H2,1H3,(H,18,19)(H,20,21)/t10-,11+,14-,15+/m1/s1. The molecule has 1 aromatic carbocycles. The second-order valence-corrected chi connectivity index (χ2v) is 5.90. The van der Waals surface area contributed by atoms with Crippen molar-refractivity contribution < 1.29 is 19.4 Å². The smallest absolute Gasteiger partial charge is 0.307 e. The van der Waals surface area contributed by atoms with Crippen LogP contribution in [0, 0.1) is 23.7 Å². The Hall–Kier alpha value is -2.30. The number of rotatable bonds is 4. The van der Waals surface area contributed by atoms with Crippen LogP contribution in [0.1, 0.15) is 12.8 Å². The van der Waals surface area contributed by atoms with Gasteiger partial charge < -0.3 is 15.2 Å². The molecule has 0 aromatic heterocycles. The van der Waals surface area contributed by atoms with Gasteiger partial charge in [0.25, 0.3) is 0 Å². The fourth-order valence-corrected chi connectivity index (χ4v) is 3.59. The SMILES string of the molecule is COc1ccc(NC(=O)[C@H]2[C@@H](C(=O)O)[C@H]3C=C[C@@H]2CC3)cc1. The van der Waals surface area contributed by atoms with Crippen molar-refractivity contribution in [1.29, 1.82) is 0 Å². The van der Waals surface area contributed by atoms with Gasteiger partial charge in [-0.05, 0) is 48.9 Å². The summed E-state index contributed by atoms with van der Waals surface area (Å²) in [5, 5.41) is 12.3. The van der Waals surface area contributed by atoms with E-state index in [0.717, 1.165) is 12.8 Å². The van der Waals surface area contributed by atoms with Crippen LogP contribution in [-0.4, -0.2) is 24.1 Å². The summed E-state index contributed by atoms with van der Waals surface area (Å²) < 4.78 is 5.08. The van der Waals surface area contributed by atoms with E-state index in [1.807, 2.05) is 12.2 Å². The van der Waals surface area contributed by atoms with Crippen molar-refractivity contribution in [3.8, 4) is 5.75 Å². The third kappa shape index (κ3) is 2.58. The van der Waals surface area contributed by atoms with Crippen molar-refractivity contribution in [3.63, 3.8) is 0 Å². The second-order valence-electron chi connectivity index (χ2n) is 5.90. The first-order chi connectivity index (χ1) is 10.6. The predicted octanol–water partition coefficient (Wildman–Crippen LogP) is 2.55. The Balaban J connectivity index is 1.78. The summed E-state index contributed by atoms with van der Waals surface area (Å²) in [6.07, 6.45) is 5.70. The third-order valence-corrected chi connectivity index (χ3v) is 4.69. The number of carbonyl (C=O) groups excluding carboxylic acids is 1. The number of anilines is 1. The molecular formula is C17H19NO4. The minimum absolute atomic E-state index is 0.0179. The molecule has 0 radical (unpaired) electrons. The van der Waals surface area contributed by atoms with Crippen molar-refractivity contribution in [3.05, 3.63) is 36.4 Å². The zero-order chi connectivity index (χ0) is 15.7. The van der Waals surface area contributed by atoms with Gasteiger partial charge in [0.05, 0.1) is 18.9 Å². The second kappa shape index (κ2) is 5.83. The highest BCUT2D eigenvalue weighted by molar-refractivity contribution is 5.96. The van der Waals surface area contributed by atoms with Crippen molar-refractivity contribution in [2.45, 2.75) is 12.8 Å². The Morgan fingerprint density at radius 1 is 1.09 bits per heavy atom. The Kier molecular flexibility index (Phi) is 3.88. The Morgan fingerprint density at radius 2 is 1.68 bits per heavy atom. The van der Waals surface area contributed by atoms with E-state index in [2.05, 4.69) is 5.32 Å². The highest BCUT2D eigenvalue weighted by Gasteiger charge is 2.48. The average Bonchev–Trinajstić information content (AvgIpc) is 2.55. The molecule has 5 nitrogen and oxygen atoms in total. The number of aliphatic carboxylic acids is 1. The van der Waals surface area contributed by atoms with Gasteiger partial charge in [0.15, 0.2) is 0 Å². The number of carboxylic acid groups (broad SMARTS) is 1. The predicted molar refractivity (Wildman–Crippen MR) is 81.6 cm³/mol. The van der Waals surface area contributed by atoms with E-state index in [9.17, 15) is 14.7 Å². The number of hydrogen-bond acceptors (Lipinski definition) is 3. The largest absolute Gasteiger partial charge is 0.497 e. The van der Waals surface area contributed by atoms with Crippen LogP contribution in [0.15, 0.2) is 36.4 Å². The Labute approximate surface area is 129 Å². The van der Waals surface area contributed by atoms with Crippen LogP contribution < -0.4 is 10.1 Å². The molecule has 4 atom stereocenters. The van der Waals surface area contributed by atoms with Crippen molar-refractivity contribution in [2.24, 2.45) is 23.7 Å². The van der Waals surface area contributed by atoms with Gasteiger partial charge in [-0.15, -0.1) is 0 Å². The van der Waals surface area contributed by atoms with Gasteiger partial charge in [-0.2, -0.15) is 0 Å². The minimum atomic E-state index is -0.881. The number of carboxylic acids is 1. The molecule has 1 fully saturated rings. The molecule has 1 amide bonds. The topological polar surface area (TPSA) is 75.6 Å². The molecule has 2 N–H and O–H groups in total. The molecule has 3 aliphatic rings. The Bertz CT molecular complexity index is 608. The maximum Gasteiger partial charge on any atom is 0.307 e. The first kappa shape index (κ1) is 14.6. The normalized spacial score (nSPS) is 29.1. The molecule has 1 aromatic rings. The number of nitrogens with one attached hydrogen (secondary N) is 1. The van der Waals surface area contributed by atoms with E-state index in [4.69, 9.17) is 4.74 Å². The van der Waals surface area contributed by atoms with Crippen LogP contribution in [-0.2, 0) is 9.59 Å². The molecule has 116 valence electrons. The molecule has 22 heavy (non-hydrogen) atoms. The first-order valence-electron chi connectivity index (χ1n) is 7.46. The summed E-state index contributed by atoms with van der Waals surface area (Å²) in [6, 6.07) is 7.03. The molecule has 4 rings (SSSR count). The number of methoxy groups -OCH3 is 1. The van der Waals surface area contributed by atoms with E-state index in [-0.39, 0.29) is 17.7 Å². The van der Waals surface area contributed by atoms with Crippen LogP contribution in [0.4, 0.5) is 5.69 Å². The zero-order valence-electron chi connectivity index (χ0n) is 12.4. The zero-order valence-corrected chi connectivity index (χ0v) is 12.4. The summed E-state index contributed by atoms with van der Waals surface area (Å²) in [4.78, 5) is 24.2. The third-order valence-electron chi connectivity index (χ3n) is 4.69. The average molecular weight is 301 g/mol. The fourth-order valence-electron chi connectivity index (χ4n) is 3.59. The number of ether oxygens (including phenoxy) is 1. The molecule has 3 aliphatic carbocycles. The van der Waals surface area contributed by atoms with Gasteiger partial charge in [0.2, 0.25) is 5.91 Å². The van der Waals surface area contributed by atoms with Crippen molar-refractivity contribution in [2.75, 3.05) is 12.4 Å². The van der Waals surface area contributed by atoms with Crippen LogP contribution in [0.25, 0.3) is 0 Å². The number of allylic oxidation sites excluding steroid dienone is 2. The molecule has 0 aliphatic heterocycles. The minimum Gasteiger partial charge on any atom is -0.497 e. The van der Waals surface area contributed by atoms with E-state index in [1.165, 1.54) is 0 Å². The van der Waals surface area contributed by atoms with Crippen LogP contribution in [0.3, 0.4) is 0 Å². The molecule has 5 heteroatoms. The lowest BCUT2D eigenvalue weighted by Crippen LogP contribution is -2.47. The number of fused-ring (bicyclic) bond motifs is 2. The van der Waals surface area contributed by atoms with Crippen LogP contribution >= 0.6 is 0 Å². The molecule has 0 spiro atoms. The molecule has 2 bridgehead atoms. The summed E-state index contributed by atoms with van der Waals surface area (Å²) >= 11 is 0. The van der Waals surface area contributed by atoms with E-state index < -0.39 is 17.8 Å². The lowest BCUT2D eigenvalue weighted by atomic mass is 9.62. The summed E-state index contributed by atoms with van der Waals surface area (Å²) in [7, 11) is 1.58. The van der Waals surface area contributed by atoms with Gasteiger partial charge >= 0.3 is 5.97 Å². The molecule has 0 saturated heterocycles. The highest BCUT2D eigenvalue weighted by atomic mass is 16.5. The van der Waals surface area contributed by atoms with Gasteiger partial charge in [-0.1, -0.05) is 12.2 Å². The Morgan fingerprint density at radius 3 is 2.18 bits per heavy atom. The van der Waals surface area contributed by atoms with E-state index in [0.29, 0.717) is 11.4 Å². The van der Waals surface area contributed by atoms with Crippen molar-refractivity contribution in [1.82, 2.24) is 0 Å². The number of carbonyl (C=O) groups is 2. The van der Waals surface area contributed by atoms with Crippen LogP contribution in [0.5, 0.6) is 5.75 Å². The van der Waals surface area contributed by atoms with Crippen molar-refractivity contribution >= 4 is 17.6 Å². The number of benzene rings is 1. The lowest BCUT2D eigenvalue weighted by Gasteiger charge is -2.41. The fraction of sp³-hybridized carbons (Fsp3) is 0.412. The number of hydrogen-bond donors (Lipinski definition) is 2.